The number of benzene rings is 2. The van der Waals surface area contributed by atoms with Gasteiger partial charge in [0.2, 0.25) is 0 Å². The standard InChI is InChI=1S/C20H13ClF3N5O/c1-11-17(19(30)26-16-9-13(20(22,23)24)7-8-15(16)21)27-28-18-14(10-25-29(11)18)12-5-3-2-4-6-12/h2-10H,1H3,(H,26,30). The monoisotopic (exact) mass is 431 g/mol. The Morgan fingerprint density at radius 1 is 1.10 bits per heavy atom. The number of hydrogen-bond donors (Lipinski definition) is 1. The minimum atomic E-state index is -4.57. The Kier molecular flexibility index (Phi) is 4.90. The first-order chi connectivity index (χ1) is 14.3. The summed E-state index contributed by atoms with van der Waals surface area (Å²) in [4.78, 5) is 12.7. The highest BCUT2D eigenvalue weighted by Crippen LogP contribution is 2.34. The molecule has 0 saturated heterocycles. The summed E-state index contributed by atoms with van der Waals surface area (Å²) in [5, 5.41) is 14.7. The molecule has 2 aromatic heterocycles. The van der Waals surface area contributed by atoms with Gasteiger partial charge in [0.1, 0.15) is 0 Å². The van der Waals surface area contributed by atoms with Crippen LogP contribution in [0.2, 0.25) is 5.02 Å². The highest BCUT2D eigenvalue weighted by Gasteiger charge is 2.31. The average molecular weight is 432 g/mol. The molecule has 0 spiro atoms. The van der Waals surface area contributed by atoms with Crippen molar-refractivity contribution in [2.45, 2.75) is 13.1 Å². The van der Waals surface area contributed by atoms with Crippen molar-refractivity contribution in [1.82, 2.24) is 19.8 Å². The van der Waals surface area contributed by atoms with Gasteiger partial charge in [-0.3, -0.25) is 4.79 Å². The van der Waals surface area contributed by atoms with Crippen LogP contribution in [0.5, 0.6) is 0 Å². The molecule has 0 unspecified atom stereocenters. The van der Waals surface area contributed by atoms with Crippen molar-refractivity contribution >= 4 is 28.8 Å². The fourth-order valence-electron chi connectivity index (χ4n) is 2.96. The van der Waals surface area contributed by atoms with E-state index in [1.807, 2.05) is 30.3 Å². The molecule has 0 radical (unpaired) electrons. The number of rotatable bonds is 3. The van der Waals surface area contributed by atoms with E-state index in [-0.39, 0.29) is 16.4 Å². The van der Waals surface area contributed by atoms with Crippen LogP contribution in [0.25, 0.3) is 16.8 Å². The zero-order valence-electron chi connectivity index (χ0n) is 15.4. The van der Waals surface area contributed by atoms with Crippen LogP contribution in [0.15, 0.2) is 54.7 Å². The number of amides is 1. The summed E-state index contributed by atoms with van der Waals surface area (Å²) in [6.45, 7) is 1.62. The van der Waals surface area contributed by atoms with Crippen molar-refractivity contribution in [3.05, 3.63) is 76.7 Å². The molecule has 6 nitrogen and oxygen atoms in total. The molecule has 2 heterocycles. The van der Waals surface area contributed by atoms with Crippen LogP contribution in [0.1, 0.15) is 21.7 Å². The molecule has 4 aromatic rings. The van der Waals surface area contributed by atoms with Gasteiger partial charge in [-0.25, -0.2) is 4.52 Å². The molecule has 4 rings (SSSR count). The first kappa shape index (κ1) is 19.8. The summed E-state index contributed by atoms with van der Waals surface area (Å²) in [7, 11) is 0. The number of carbonyl (C=O) groups excluding carboxylic acids is 1. The lowest BCUT2D eigenvalue weighted by Crippen LogP contribution is -2.19. The van der Waals surface area contributed by atoms with Crippen molar-refractivity contribution in [2.75, 3.05) is 5.32 Å². The Hall–Kier alpha value is -3.46. The third kappa shape index (κ3) is 3.59. The smallest absolute Gasteiger partial charge is 0.319 e. The molecule has 1 amide bonds. The number of nitrogens with one attached hydrogen (secondary N) is 1. The molecule has 0 aliphatic rings. The highest BCUT2D eigenvalue weighted by molar-refractivity contribution is 6.34. The third-order valence-corrected chi connectivity index (χ3v) is 4.82. The van der Waals surface area contributed by atoms with Crippen LogP contribution < -0.4 is 5.32 Å². The third-order valence-electron chi connectivity index (χ3n) is 4.49. The Labute approximate surface area is 173 Å². The van der Waals surface area contributed by atoms with Gasteiger partial charge in [0.15, 0.2) is 11.3 Å². The Morgan fingerprint density at radius 2 is 1.83 bits per heavy atom. The predicted molar refractivity (Wildman–Crippen MR) is 105 cm³/mol. The van der Waals surface area contributed by atoms with Crippen molar-refractivity contribution in [3.8, 4) is 11.1 Å². The van der Waals surface area contributed by atoms with Crippen LogP contribution >= 0.6 is 11.6 Å². The SMILES string of the molecule is Cc1c(C(=O)Nc2cc(C(F)(F)F)ccc2Cl)nnc2c(-c3ccccc3)cnn12. The Balaban J connectivity index is 1.69. The molecule has 0 aliphatic carbocycles. The van der Waals surface area contributed by atoms with Crippen LogP contribution in [-0.2, 0) is 6.18 Å². The fraction of sp³-hybridized carbons (Fsp3) is 0.100. The van der Waals surface area contributed by atoms with Gasteiger partial charge in [0.05, 0.1) is 28.2 Å². The molecule has 10 heteroatoms. The lowest BCUT2D eigenvalue weighted by molar-refractivity contribution is -0.137. The normalized spacial score (nSPS) is 11.6. The van der Waals surface area contributed by atoms with E-state index < -0.39 is 17.6 Å². The fourth-order valence-corrected chi connectivity index (χ4v) is 3.13. The van der Waals surface area contributed by atoms with Crippen LogP contribution in [0.4, 0.5) is 18.9 Å². The van der Waals surface area contributed by atoms with E-state index in [4.69, 9.17) is 11.6 Å². The minimum Gasteiger partial charge on any atom is -0.319 e. The topological polar surface area (TPSA) is 72.2 Å². The molecule has 1 N–H and O–H groups in total. The zero-order chi connectivity index (χ0) is 21.5. The number of aryl methyl sites for hydroxylation is 1. The minimum absolute atomic E-state index is 0.0338. The number of fused-ring (bicyclic) bond motifs is 1. The molecule has 152 valence electrons. The van der Waals surface area contributed by atoms with Gasteiger partial charge < -0.3 is 5.32 Å². The predicted octanol–water partition coefficient (Wildman–Crippen LogP) is 5.02. The van der Waals surface area contributed by atoms with Crippen molar-refractivity contribution in [1.29, 1.82) is 0 Å². The first-order valence-corrected chi connectivity index (χ1v) is 9.08. The number of anilines is 1. The first-order valence-electron chi connectivity index (χ1n) is 8.70. The van der Waals surface area contributed by atoms with Gasteiger partial charge in [-0.05, 0) is 30.7 Å². The highest BCUT2D eigenvalue weighted by atomic mass is 35.5. The second-order valence-corrected chi connectivity index (χ2v) is 6.85. The zero-order valence-corrected chi connectivity index (χ0v) is 16.2. The van der Waals surface area contributed by atoms with E-state index in [2.05, 4.69) is 20.6 Å². The van der Waals surface area contributed by atoms with Gasteiger partial charge in [0, 0.05) is 5.56 Å². The van der Waals surface area contributed by atoms with Crippen molar-refractivity contribution in [2.24, 2.45) is 0 Å². The Bertz CT molecular complexity index is 1250. The maximum Gasteiger partial charge on any atom is 0.416 e. The van der Waals surface area contributed by atoms with Gasteiger partial charge in [0.25, 0.3) is 5.91 Å². The molecule has 0 atom stereocenters. The second kappa shape index (κ2) is 7.42. The number of carbonyl (C=O) groups is 1. The van der Waals surface area contributed by atoms with Crippen LogP contribution in [-0.4, -0.2) is 25.7 Å². The van der Waals surface area contributed by atoms with E-state index in [0.29, 0.717) is 11.3 Å². The summed E-state index contributed by atoms with van der Waals surface area (Å²) in [6.07, 6.45) is -2.96. The maximum absolute atomic E-state index is 13.0. The van der Waals surface area contributed by atoms with E-state index in [9.17, 15) is 18.0 Å². The van der Waals surface area contributed by atoms with E-state index in [0.717, 1.165) is 29.3 Å². The number of alkyl halides is 3. The number of nitrogens with zero attached hydrogens (tertiary/aromatic N) is 4. The number of halogens is 4. The second-order valence-electron chi connectivity index (χ2n) is 6.44. The summed E-state index contributed by atoms with van der Waals surface area (Å²) in [5.41, 5.74) is 1.25. The van der Waals surface area contributed by atoms with Gasteiger partial charge in [-0.1, -0.05) is 41.9 Å². The van der Waals surface area contributed by atoms with Crippen molar-refractivity contribution < 1.29 is 18.0 Å². The van der Waals surface area contributed by atoms with E-state index >= 15 is 0 Å². The van der Waals surface area contributed by atoms with Gasteiger partial charge in [-0.2, -0.15) is 18.3 Å². The van der Waals surface area contributed by atoms with Crippen LogP contribution in [0, 0.1) is 6.92 Å². The molecule has 30 heavy (non-hydrogen) atoms. The molecule has 0 bridgehead atoms. The maximum atomic E-state index is 13.0. The van der Waals surface area contributed by atoms with Crippen LogP contribution in [0.3, 0.4) is 0 Å². The summed E-state index contributed by atoms with van der Waals surface area (Å²) in [5.74, 6) is -0.750. The quantitative estimate of drug-likeness (QED) is 0.494. The lowest BCUT2D eigenvalue weighted by Gasteiger charge is -2.12. The van der Waals surface area contributed by atoms with Gasteiger partial charge in [-0.15, -0.1) is 10.2 Å². The summed E-state index contributed by atoms with van der Waals surface area (Å²) < 4.78 is 40.3. The molecule has 0 aliphatic heterocycles. The molecule has 0 fully saturated rings. The van der Waals surface area contributed by atoms with Crippen molar-refractivity contribution in [3.63, 3.8) is 0 Å². The average Bonchev–Trinajstić information content (AvgIpc) is 3.14. The molecular formula is C20H13ClF3N5O. The van der Waals surface area contributed by atoms with Gasteiger partial charge >= 0.3 is 6.18 Å². The summed E-state index contributed by atoms with van der Waals surface area (Å²) in [6, 6.07) is 12.1. The largest absolute Gasteiger partial charge is 0.416 e. The molecule has 0 saturated carbocycles. The Morgan fingerprint density at radius 3 is 2.53 bits per heavy atom. The van der Waals surface area contributed by atoms with E-state index in [1.165, 1.54) is 4.52 Å². The molecule has 2 aromatic carbocycles. The lowest BCUT2D eigenvalue weighted by atomic mass is 10.1. The molecular weight excluding hydrogens is 419 g/mol. The van der Waals surface area contributed by atoms with E-state index in [1.54, 1.807) is 13.1 Å². The number of aromatic nitrogens is 4. The summed E-state index contributed by atoms with van der Waals surface area (Å²) >= 11 is 5.95. The number of hydrogen-bond acceptors (Lipinski definition) is 4.